The van der Waals surface area contributed by atoms with Gasteiger partial charge in [-0.3, -0.25) is 9.69 Å². The van der Waals surface area contributed by atoms with Crippen molar-refractivity contribution in [2.24, 2.45) is 0 Å². The Morgan fingerprint density at radius 3 is 2.42 bits per heavy atom. The number of benzene rings is 2. The molecular formula is C22H23NO. The third kappa shape index (κ3) is 3.21. The van der Waals surface area contributed by atoms with Gasteiger partial charge in [0.2, 0.25) is 0 Å². The van der Waals surface area contributed by atoms with E-state index < -0.39 is 0 Å². The van der Waals surface area contributed by atoms with Crippen molar-refractivity contribution < 1.29 is 4.79 Å². The van der Waals surface area contributed by atoms with Crippen LogP contribution in [0.3, 0.4) is 0 Å². The van der Waals surface area contributed by atoms with Gasteiger partial charge in [-0.15, -0.1) is 0 Å². The van der Waals surface area contributed by atoms with E-state index in [1.165, 1.54) is 11.1 Å². The first-order valence-corrected chi connectivity index (χ1v) is 8.40. The van der Waals surface area contributed by atoms with Crippen molar-refractivity contribution in [1.29, 1.82) is 0 Å². The van der Waals surface area contributed by atoms with Crippen LogP contribution in [0.25, 0.3) is 0 Å². The maximum absolute atomic E-state index is 12.6. The molecule has 0 bridgehead atoms. The van der Waals surface area contributed by atoms with Crippen LogP contribution in [0.5, 0.6) is 0 Å². The Labute approximate surface area is 144 Å². The van der Waals surface area contributed by atoms with Crippen molar-refractivity contribution >= 4 is 11.6 Å². The van der Waals surface area contributed by atoms with Gasteiger partial charge in [-0.05, 0) is 48.1 Å². The summed E-state index contributed by atoms with van der Waals surface area (Å²) >= 11 is 0. The van der Waals surface area contributed by atoms with E-state index in [2.05, 4.69) is 57.7 Å². The number of hydrogen-bond acceptors (Lipinski definition) is 1. The number of carbonyl (C=O) groups is 1. The second kappa shape index (κ2) is 6.17. The predicted octanol–water partition coefficient (Wildman–Crippen LogP) is 4.31. The molecule has 1 amide bonds. The summed E-state index contributed by atoms with van der Waals surface area (Å²) in [4.78, 5) is 14.4. The molecule has 1 unspecified atom stereocenters. The molecule has 0 aliphatic carbocycles. The van der Waals surface area contributed by atoms with Gasteiger partial charge in [-0.1, -0.05) is 57.0 Å². The number of carbonyl (C=O) groups excluding carboxylic acids is 1. The van der Waals surface area contributed by atoms with E-state index >= 15 is 0 Å². The first-order valence-electron chi connectivity index (χ1n) is 8.40. The zero-order chi connectivity index (χ0) is 17.3. The Kier molecular flexibility index (Phi) is 4.20. The molecule has 1 aliphatic rings. The van der Waals surface area contributed by atoms with Crippen LogP contribution in [0.2, 0.25) is 0 Å². The van der Waals surface area contributed by atoms with Gasteiger partial charge >= 0.3 is 5.91 Å². The molecular weight excluding hydrogens is 294 g/mol. The van der Waals surface area contributed by atoms with Crippen LogP contribution in [-0.2, 0) is 16.6 Å². The normalized spacial score (nSPS) is 16.3. The third-order valence-electron chi connectivity index (χ3n) is 4.49. The van der Waals surface area contributed by atoms with Crippen molar-refractivity contribution in [2.75, 3.05) is 4.90 Å². The van der Waals surface area contributed by atoms with E-state index in [1.807, 2.05) is 35.2 Å². The van der Waals surface area contributed by atoms with Crippen LogP contribution in [0.15, 0.2) is 48.5 Å². The minimum Gasteiger partial charge on any atom is -0.298 e. The standard InChI is InChI=1S/C22H23NO/c1-16-15-18-7-5-6-8-20(18)23(16)21(24)14-11-17-9-12-19(13-10-17)22(2,3)4/h5-10,12-13,16H,15H2,1-4H3. The highest BCUT2D eigenvalue weighted by Crippen LogP contribution is 2.31. The molecule has 0 radical (unpaired) electrons. The number of fused-ring (bicyclic) bond motifs is 1. The molecule has 24 heavy (non-hydrogen) atoms. The number of para-hydroxylation sites is 1. The highest BCUT2D eigenvalue weighted by atomic mass is 16.2. The fourth-order valence-electron chi connectivity index (χ4n) is 3.11. The van der Waals surface area contributed by atoms with Gasteiger partial charge in [-0.2, -0.15) is 0 Å². The fourth-order valence-corrected chi connectivity index (χ4v) is 3.11. The lowest BCUT2D eigenvalue weighted by Gasteiger charge is -2.19. The topological polar surface area (TPSA) is 20.3 Å². The predicted molar refractivity (Wildman–Crippen MR) is 99.1 cm³/mol. The molecule has 122 valence electrons. The second-order valence-electron chi connectivity index (χ2n) is 7.43. The molecule has 2 nitrogen and oxygen atoms in total. The first-order chi connectivity index (χ1) is 11.4. The maximum atomic E-state index is 12.6. The smallest absolute Gasteiger partial charge is 0.298 e. The number of hydrogen-bond donors (Lipinski definition) is 0. The largest absolute Gasteiger partial charge is 0.303 e. The monoisotopic (exact) mass is 317 g/mol. The average molecular weight is 317 g/mol. The molecule has 3 rings (SSSR count). The van der Waals surface area contributed by atoms with Gasteiger partial charge in [0.05, 0.1) is 0 Å². The summed E-state index contributed by atoms with van der Waals surface area (Å²) in [7, 11) is 0. The maximum Gasteiger partial charge on any atom is 0.303 e. The van der Waals surface area contributed by atoms with Gasteiger partial charge in [-0.25, -0.2) is 0 Å². The zero-order valence-electron chi connectivity index (χ0n) is 14.8. The van der Waals surface area contributed by atoms with E-state index in [9.17, 15) is 4.79 Å². The minimum atomic E-state index is -0.132. The summed E-state index contributed by atoms with van der Waals surface area (Å²) in [6.45, 7) is 8.62. The van der Waals surface area contributed by atoms with Gasteiger partial charge in [0, 0.05) is 23.2 Å². The minimum absolute atomic E-state index is 0.121. The summed E-state index contributed by atoms with van der Waals surface area (Å²) in [5.41, 5.74) is 4.47. The van der Waals surface area contributed by atoms with Gasteiger partial charge in [0.1, 0.15) is 0 Å². The number of anilines is 1. The molecule has 1 heterocycles. The highest BCUT2D eigenvalue weighted by molar-refractivity contribution is 6.07. The molecule has 0 aromatic heterocycles. The molecule has 0 saturated heterocycles. The van der Waals surface area contributed by atoms with Crippen molar-refractivity contribution in [1.82, 2.24) is 0 Å². The quantitative estimate of drug-likeness (QED) is 0.663. The van der Waals surface area contributed by atoms with E-state index in [4.69, 9.17) is 0 Å². The molecule has 1 aliphatic heterocycles. The van der Waals surface area contributed by atoms with Crippen LogP contribution in [0.4, 0.5) is 5.69 Å². The van der Waals surface area contributed by atoms with Crippen LogP contribution >= 0.6 is 0 Å². The third-order valence-corrected chi connectivity index (χ3v) is 4.49. The highest BCUT2D eigenvalue weighted by Gasteiger charge is 2.29. The molecule has 2 heteroatoms. The molecule has 0 N–H and O–H groups in total. The second-order valence-corrected chi connectivity index (χ2v) is 7.43. The molecule has 2 aromatic rings. The van der Waals surface area contributed by atoms with E-state index in [0.29, 0.717) is 0 Å². The van der Waals surface area contributed by atoms with Crippen molar-refractivity contribution in [2.45, 2.75) is 45.6 Å². The summed E-state index contributed by atoms with van der Waals surface area (Å²) in [6.07, 6.45) is 0.893. The molecule has 2 aromatic carbocycles. The Bertz CT molecular complexity index is 816. The lowest BCUT2D eigenvalue weighted by atomic mass is 9.87. The molecule has 1 atom stereocenters. The van der Waals surface area contributed by atoms with Crippen LogP contribution in [0, 0.1) is 11.8 Å². The molecule has 0 spiro atoms. The van der Waals surface area contributed by atoms with Gasteiger partial charge in [0.25, 0.3) is 0 Å². The Balaban J connectivity index is 1.80. The Morgan fingerprint density at radius 2 is 1.75 bits per heavy atom. The van der Waals surface area contributed by atoms with Crippen LogP contribution < -0.4 is 4.90 Å². The van der Waals surface area contributed by atoms with Crippen molar-refractivity contribution in [3.8, 4) is 11.8 Å². The van der Waals surface area contributed by atoms with E-state index in [0.717, 1.165) is 17.7 Å². The zero-order valence-corrected chi connectivity index (χ0v) is 14.8. The molecule has 0 saturated carbocycles. The summed E-state index contributed by atoms with van der Waals surface area (Å²) in [5.74, 6) is 5.69. The van der Waals surface area contributed by atoms with Gasteiger partial charge < -0.3 is 0 Å². The van der Waals surface area contributed by atoms with Crippen molar-refractivity contribution in [3.63, 3.8) is 0 Å². The number of nitrogens with zero attached hydrogens (tertiary/aromatic N) is 1. The first kappa shape index (κ1) is 16.3. The number of rotatable bonds is 0. The fraction of sp³-hybridized carbons (Fsp3) is 0.318. The lowest BCUT2D eigenvalue weighted by molar-refractivity contribution is -0.113. The van der Waals surface area contributed by atoms with Crippen LogP contribution in [-0.4, -0.2) is 11.9 Å². The Morgan fingerprint density at radius 1 is 1.08 bits per heavy atom. The molecule has 0 fully saturated rings. The van der Waals surface area contributed by atoms with Gasteiger partial charge in [0.15, 0.2) is 0 Å². The summed E-state index contributed by atoms with van der Waals surface area (Å²) in [5, 5.41) is 0. The van der Waals surface area contributed by atoms with E-state index in [-0.39, 0.29) is 17.4 Å². The Hall–Kier alpha value is -2.53. The van der Waals surface area contributed by atoms with E-state index in [1.54, 1.807) is 0 Å². The summed E-state index contributed by atoms with van der Waals surface area (Å²) in [6, 6.07) is 16.4. The SMILES string of the molecule is CC1Cc2ccccc2N1C(=O)C#Cc1ccc(C(C)(C)C)cc1. The summed E-state index contributed by atoms with van der Waals surface area (Å²) < 4.78 is 0. The van der Waals surface area contributed by atoms with Crippen LogP contribution in [0.1, 0.15) is 44.4 Å². The van der Waals surface area contributed by atoms with Crippen molar-refractivity contribution in [3.05, 3.63) is 65.2 Å². The average Bonchev–Trinajstić information content (AvgIpc) is 2.88. The lowest BCUT2D eigenvalue weighted by Crippen LogP contribution is -2.34. The number of amides is 1.